The molecule has 1 fully saturated rings. The zero-order chi connectivity index (χ0) is 27.5. The van der Waals surface area contributed by atoms with Crippen LogP contribution in [-0.2, 0) is 11.3 Å². The molecule has 210 valence electrons. The van der Waals surface area contributed by atoms with Crippen molar-refractivity contribution in [2.75, 3.05) is 36.5 Å². The van der Waals surface area contributed by atoms with Crippen molar-refractivity contribution in [3.8, 4) is 11.1 Å². The predicted octanol–water partition coefficient (Wildman–Crippen LogP) is 6.44. The Morgan fingerprint density at radius 1 is 0.976 bits per heavy atom. The third-order valence-corrected chi connectivity index (χ3v) is 7.25. The second-order valence-corrected chi connectivity index (χ2v) is 9.89. The van der Waals surface area contributed by atoms with Gasteiger partial charge in [-0.05, 0) is 43.2 Å². The summed E-state index contributed by atoms with van der Waals surface area (Å²) in [5, 5.41) is 11.6. The highest BCUT2D eigenvalue weighted by atomic mass is 35.5. The number of carbonyl (C=O) groups excluding carboxylic acids is 1. The van der Waals surface area contributed by atoms with Crippen molar-refractivity contribution in [3.63, 3.8) is 0 Å². The molecule has 0 atom stereocenters. The van der Waals surface area contributed by atoms with Crippen molar-refractivity contribution in [2.24, 2.45) is 0 Å². The molecule has 8 nitrogen and oxygen atoms in total. The monoisotopic (exact) mass is 569 g/mol. The van der Waals surface area contributed by atoms with Crippen LogP contribution in [0.5, 0.6) is 0 Å². The summed E-state index contributed by atoms with van der Waals surface area (Å²) in [6, 6.07) is 24.1. The van der Waals surface area contributed by atoms with Gasteiger partial charge in [0.2, 0.25) is 0 Å². The van der Waals surface area contributed by atoms with Crippen molar-refractivity contribution in [1.29, 1.82) is 0 Å². The van der Waals surface area contributed by atoms with Crippen LogP contribution in [0.3, 0.4) is 0 Å². The molecule has 3 aromatic carbocycles. The fraction of sp³-hybridized carbons (Fsp3) is 0.219. The smallest absolute Gasteiger partial charge is 0.255 e. The standard InChI is InChI=1S/C32H31N5O3.ClH/c1-21-30(22(2)40-36-21)24-12-13-25-28(18-24)33-20-26(32(38)34-19-23-8-4-3-5-9-23)31(25)35-27-10-6-7-11-29(27)37-14-16-39-17-15-37;/h3-13,18,20H,14-17,19H2,1-2H3,(H,33,35)(H,34,38);1H. The Labute approximate surface area is 245 Å². The van der Waals surface area contributed by atoms with E-state index in [0.29, 0.717) is 31.0 Å². The number of anilines is 3. The lowest BCUT2D eigenvalue weighted by molar-refractivity contribution is 0.0951. The summed E-state index contributed by atoms with van der Waals surface area (Å²) in [6.07, 6.45) is 1.65. The van der Waals surface area contributed by atoms with E-state index in [1.165, 1.54) is 0 Å². The summed E-state index contributed by atoms with van der Waals surface area (Å²) in [6.45, 7) is 7.24. The van der Waals surface area contributed by atoms with Gasteiger partial charge in [-0.15, -0.1) is 12.4 Å². The second-order valence-electron chi connectivity index (χ2n) is 9.89. The van der Waals surface area contributed by atoms with Gasteiger partial charge in [0.15, 0.2) is 0 Å². The Bertz CT molecular complexity index is 1650. The number of aromatic nitrogens is 2. The summed E-state index contributed by atoms with van der Waals surface area (Å²) in [7, 11) is 0. The van der Waals surface area contributed by atoms with E-state index in [1.54, 1.807) is 6.20 Å². The Balaban J connectivity index is 0.00000337. The Morgan fingerprint density at radius 2 is 1.73 bits per heavy atom. The number of amides is 1. The predicted molar refractivity (Wildman–Crippen MR) is 164 cm³/mol. The lowest BCUT2D eigenvalue weighted by atomic mass is 10.0. The molecule has 0 saturated carbocycles. The zero-order valence-electron chi connectivity index (χ0n) is 23.0. The number of nitrogens with zero attached hydrogens (tertiary/aromatic N) is 3. The topological polar surface area (TPSA) is 92.5 Å². The van der Waals surface area contributed by atoms with Crippen LogP contribution in [-0.4, -0.2) is 42.4 Å². The largest absolute Gasteiger partial charge is 0.378 e. The van der Waals surface area contributed by atoms with Gasteiger partial charge in [0.25, 0.3) is 5.91 Å². The number of rotatable bonds is 7. The molecule has 3 heterocycles. The maximum Gasteiger partial charge on any atom is 0.255 e. The van der Waals surface area contributed by atoms with E-state index in [1.807, 2.05) is 80.6 Å². The number of carbonyl (C=O) groups is 1. The fourth-order valence-electron chi connectivity index (χ4n) is 5.22. The molecule has 0 unspecified atom stereocenters. The van der Waals surface area contributed by atoms with Gasteiger partial charge in [-0.25, -0.2) is 0 Å². The number of morpholine rings is 1. The number of hydrogen-bond acceptors (Lipinski definition) is 7. The first-order valence-electron chi connectivity index (χ1n) is 13.5. The van der Waals surface area contributed by atoms with Gasteiger partial charge < -0.3 is 24.8 Å². The van der Waals surface area contributed by atoms with E-state index in [2.05, 4.69) is 26.8 Å². The normalized spacial score (nSPS) is 13.1. The molecule has 1 saturated heterocycles. The number of aryl methyl sites for hydroxylation is 2. The SMILES string of the molecule is Cc1noc(C)c1-c1ccc2c(Nc3ccccc3N3CCOCC3)c(C(=O)NCc3ccccc3)cnc2c1.Cl. The van der Waals surface area contributed by atoms with Gasteiger partial charge in [-0.1, -0.05) is 59.8 Å². The van der Waals surface area contributed by atoms with E-state index in [-0.39, 0.29) is 18.3 Å². The van der Waals surface area contributed by atoms with Crippen LogP contribution in [0.4, 0.5) is 17.1 Å². The molecule has 0 radical (unpaired) electrons. The number of ether oxygens (including phenoxy) is 1. The molecular weight excluding hydrogens is 538 g/mol. The van der Waals surface area contributed by atoms with Crippen molar-refractivity contribution in [2.45, 2.75) is 20.4 Å². The Kier molecular flexibility index (Phi) is 8.52. The summed E-state index contributed by atoms with van der Waals surface area (Å²) in [5.41, 5.74) is 7.73. The number of fused-ring (bicyclic) bond motifs is 1. The number of benzene rings is 3. The second kappa shape index (κ2) is 12.4. The number of hydrogen-bond donors (Lipinski definition) is 2. The number of halogens is 1. The lowest BCUT2D eigenvalue weighted by Gasteiger charge is -2.31. The number of pyridine rings is 1. The molecule has 1 aliphatic heterocycles. The van der Waals surface area contributed by atoms with Crippen molar-refractivity contribution in [3.05, 3.63) is 102 Å². The third-order valence-electron chi connectivity index (χ3n) is 7.25. The average Bonchev–Trinajstić information content (AvgIpc) is 3.34. The van der Waals surface area contributed by atoms with Crippen LogP contribution in [0.25, 0.3) is 22.0 Å². The van der Waals surface area contributed by atoms with E-state index in [0.717, 1.165) is 63.5 Å². The van der Waals surface area contributed by atoms with Gasteiger partial charge >= 0.3 is 0 Å². The third kappa shape index (κ3) is 5.89. The average molecular weight is 570 g/mol. The zero-order valence-corrected chi connectivity index (χ0v) is 23.8. The van der Waals surface area contributed by atoms with Gasteiger partial charge in [-0.3, -0.25) is 9.78 Å². The summed E-state index contributed by atoms with van der Waals surface area (Å²) >= 11 is 0. The van der Waals surface area contributed by atoms with E-state index < -0.39 is 0 Å². The van der Waals surface area contributed by atoms with Crippen molar-refractivity contribution >= 4 is 46.3 Å². The maximum atomic E-state index is 13.6. The van der Waals surface area contributed by atoms with Gasteiger partial charge in [-0.2, -0.15) is 0 Å². The van der Waals surface area contributed by atoms with Gasteiger partial charge in [0, 0.05) is 36.8 Å². The molecule has 1 aliphatic rings. The molecule has 0 spiro atoms. The molecule has 2 N–H and O–H groups in total. The summed E-state index contributed by atoms with van der Waals surface area (Å²) in [5.74, 6) is 0.561. The first-order chi connectivity index (χ1) is 19.6. The molecule has 2 aromatic heterocycles. The molecular formula is C32H32ClN5O3. The van der Waals surface area contributed by atoms with Crippen LogP contribution in [0.1, 0.15) is 27.4 Å². The van der Waals surface area contributed by atoms with Gasteiger partial charge in [0.1, 0.15) is 5.76 Å². The minimum Gasteiger partial charge on any atom is -0.378 e. The maximum absolute atomic E-state index is 13.6. The van der Waals surface area contributed by atoms with Crippen LogP contribution in [0.2, 0.25) is 0 Å². The van der Waals surface area contributed by atoms with Crippen molar-refractivity contribution < 1.29 is 14.1 Å². The highest BCUT2D eigenvalue weighted by Crippen LogP contribution is 2.36. The molecule has 0 bridgehead atoms. The van der Waals surface area contributed by atoms with Crippen LogP contribution in [0.15, 0.2) is 83.5 Å². The van der Waals surface area contributed by atoms with Crippen LogP contribution >= 0.6 is 12.4 Å². The van der Waals surface area contributed by atoms with Crippen LogP contribution in [0, 0.1) is 13.8 Å². The lowest BCUT2D eigenvalue weighted by Crippen LogP contribution is -2.36. The molecule has 1 amide bonds. The molecule has 5 aromatic rings. The van der Waals surface area contributed by atoms with Crippen molar-refractivity contribution in [1.82, 2.24) is 15.5 Å². The Morgan fingerprint density at radius 3 is 2.49 bits per heavy atom. The first kappa shape index (κ1) is 28.1. The molecule has 41 heavy (non-hydrogen) atoms. The number of para-hydroxylation sites is 2. The highest BCUT2D eigenvalue weighted by Gasteiger charge is 2.21. The minimum atomic E-state index is -0.195. The van der Waals surface area contributed by atoms with E-state index >= 15 is 0 Å². The Hall–Kier alpha value is -4.40. The molecule has 9 heteroatoms. The van der Waals surface area contributed by atoms with E-state index in [9.17, 15) is 4.79 Å². The summed E-state index contributed by atoms with van der Waals surface area (Å²) in [4.78, 5) is 20.6. The molecule has 0 aliphatic carbocycles. The highest BCUT2D eigenvalue weighted by molar-refractivity contribution is 6.09. The quantitative estimate of drug-likeness (QED) is 0.233. The van der Waals surface area contributed by atoms with E-state index in [4.69, 9.17) is 14.2 Å². The fourth-order valence-corrected chi connectivity index (χ4v) is 5.22. The first-order valence-corrected chi connectivity index (χ1v) is 13.5. The molecule has 6 rings (SSSR count). The van der Waals surface area contributed by atoms with Crippen LogP contribution < -0.4 is 15.5 Å². The van der Waals surface area contributed by atoms with Gasteiger partial charge in [0.05, 0.1) is 47.1 Å². The number of nitrogens with one attached hydrogen (secondary N) is 2. The minimum absolute atomic E-state index is 0. The summed E-state index contributed by atoms with van der Waals surface area (Å²) < 4.78 is 11.0.